The molecule has 41 heavy (non-hydrogen) atoms. The van der Waals surface area contributed by atoms with Crippen LogP contribution in [0.25, 0.3) is 38.9 Å². The van der Waals surface area contributed by atoms with Crippen molar-refractivity contribution in [2.45, 2.75) is 45.6 Å². The summed E-state index contributed by atoms with van der Waals surface area (Å²) < 4.78 is 2.18. The summed E-state index contributed by atoms with van der Waals surface area (Å²) >= 11 is 0. The minimum atomic E-state index is 0.352. The number of anilines is 1. The molecule has 0 bridgehead atoms. The number of pyridine rings is 1. The molecule has 0 radical (unpaired) electrons. The number of imidazole rings is 1. The van der Waals surface area contributed by atoms with E-state index in [1.165, 1.54) is 19.6 Å². The molecule has 5 aromatic rings. The van der Waals surface area contributed by atoms with Gasteiger partial charge in [-0.15, -0.1) is 0 Å². The molecule has 0 unspecified atom stereocenters. The van der Waals surface area contributed by atoms with Gasteiger partial charge in [-0.25, -0.2) is 15.0 Å². The van der Waals surface area contributed by atoms with E-state index in [-0.39, 0.29) is 0 Å². The number of nitrogen functional groups attached to an aromatic ring is 1. The monoisotopic (exact) mass is 545 g/mol. The van der Waals surface area contributed by atoms with E-state index in [1.54, 1.807) is 6.20 Å². The normalized spacial score (nSPS) is 20.5. The lowest BCUT2D eigenvalue weighted by Gasteiger charge is -2.46. The fraction of sp³-hybridized carbons (Fsp3) is 0.382. The molecule has 2 aliphatic rings. The zero-order valence-corrected chi connectivity index (χ0v) is 24.3. The predicted octanol–water partition coefficient (Wildman–Crippen LogP) is 6.10. The standard InChI is InChI=1S/C34H39N7/c1-34(2,3)22-39-15-17-40(18-16-39)27-19-26(20-27)33-38-30(31-32(35)36-13-14-41(31)33)25-10-9-24-11-12-28(37-29(24)21-25)23-7-5-4-6-8-23/h4-14,21,26-27H,15-20,22H2,1-3H3,(H2,35,36)/t26-,27+. The molecule has 3 aromatic heterocycles. The van der Waals surface area contributed by atoms with Gasteiger partial charge >= 0.3 is 0 Å². The minimum Gasteiger partial charge on any atom is -0.382 e. The van der Waals surface area contributed by atoms with Gasteiger partial charge in [0, 0.05) is 73.6 Å². The molecule has 2 aromatic carbocycles. The summed E-state index contributed by atoms with van der Waals surface area (Å²) in [6.45, 7) is 12.8. The Balaban J connectivity index is 1.15. The van der Waals surface area contributed by atoms with Gasteiger partial charge in [0.05, 0.1) is 11.2 Å². The Kier molecular flexibility index (Phi) is 6.51. The van der Waals surface area contributed by atoms with Crippen LogP contribution in [0.4, 0.5) is 5.82 Å². The van der Waals surface area contributed by atoms with Crippen molar-refractivity contribution in [3.8, 4) is 22.5 Å². The van der Waals surface area contributed by atoms with Crippen LogP contribution in [0.15, 0.2) is 73.1 Å². The molecule has 0 atom stereocenters. The van der Waals surface area contributed by atoms with Gasteiger partial charge in [0.1, 0.15) is 22.9 Å². The molecule has 1 aliphatic heterocycles. The van der Waals surface area contributed by atoms with E-state index in [1.807, 2.05) is 24.4 Å². The molecule has 4 heterocycles. The third-order valence-corrected chi connectivity index (χ3v) is 8.75. The van der Waals surface area contributed by atoms with Crippen molar-refractivity contribution in [2.75, 3.05) is 38.5 Å². The number of hydrogen-bond donors (Lipinski definition) is 1. The van der Waals surface area contributed by atoms with E-state index < -0.39 is 0 Å². The SMILES string of the molecule is CC(C)(C)CN1CCN([C@H]2C[C@@H](c3nc(-c4ccc5ccc(-c6ccccc6)nc5c4)c4c(N)nccn43)C2)CC1. The Hall–Kier alpha value is -3.81. The quantitative estimate of drug-likeness (QED) is 0.288. The summed E-state index contributed by atoms with van der Waals surface area (Å²) in [5.41, 5.74) is 12.6. The van der Waals surface area contributed by atoms with E-state index in [2.05, 4.69) is 82.4 Å². The van der Waals surface area contributed by atoms with Crippen molar-refractivity contribution in [1.82, 2.24) is 29.2 Å². The highest BCUT2D eigenvalue weighted by Crippen LogP contribution is 2.42. The highest BCUT2D eigenvalue weighted by molar-refractivity contribution is 5.91. The van der Waals surface area contributed by atoms with Gasteiger partial charge in [0.15, 0.2) is 0 Å². The summed E-state index contributed by atoms with van der Waals surface area (Å²) in [5.74, 6) is 2.02. The molecule has 1 saturated heterocycles. The molecule has 7 nitrogen and oxygen atoms in total. The number of hydrogen-bond acceptors (Lipinski definition) is 6. The van der Waals surface area contributed by atoms with E-state index in [0.29, 0.717) is 23.2 Å². The van der Waals surface area contributed by atoms with Crippen LogP contribution in [0.3, 0.4) is 0 Å². The van der Waals surface area contributed by atoms with Crippen LogP contribution in [0.2, 0.25) is 0 Å². The first-order valence-electron chi connectivity index (χ1n) is 14.9. The van der Waals surface area contributed by atoms with Gasteiger partial charge < -0.3 is 10.6 Å². The van der Waals surface area contributed by atoms with Crippen molar-refractivity contribution < 1.29 is 0 Å². The Labute approximate surface area is 242 Å². The Morgan fingerprint density at radius 1 is 0.878 bits per heavy atom. The lowest BCUT2D eigenvalue weighted by Crippen LogP contribution is -2.54. The second-order valence-corrected chi connectivity index (χ2v) is 13.0. The summed E-state index contributed by atoms with van der Waals surface area (Å²) in [6.07, 6.45) is 6.08. The maximum absolute atomic E-state index is 6.48. The van der Waals surface area contributed by atoms with Crippen molar-refractivity contribution in [3.63, 3.8) is 0 Å². The highest BCUT2D eigenvalue weighted by atomic mass is 15.3. The lowest BCUT2D eigenvalue weighted by atomic mass is 9.78. The molecule has 1 saturated carbocycles. The molecule has 2 N–H and O–H groups in total. The number of piperazine rings is 1. The molecular weight excluding hydrogens is 506 g/mol. The van der Waals surface area contributed by atoms with Crippen LogP contribution in [0.1, 0.15) is 45.4 Å². The Bertz CT molecular complexity index is 1690. The first kappa shape index (κ1) is 26.1. The molecule has 1 aliphatic carbocycles. The molecule has 7 rings (SSSR count). The summed E-state index contributed by atoms with van der Waals surface area (Å²) in [6, 6.07) is 21.6. The van der Waals surface area contributed by atoms with E-state index in [9.17, 15) is 0 Å². The molecule has 2 fully saturated rings. The second-order valence-electron chi connectivity index (χ2n) is 13.0. The first-order valence-corrected chi connectivity index (χ1v) is 14.9. The largest absolute Gasteiger partial charge is 0.382 e. The van der Waals surface area contributed by atoms with Gasteiger partial charge in [0.25, 0.3) is 0 Å². The smallest absolute Gasteiger partial charge is 0.150 e. The molecule has 0 amide bonds. The Morgan fingerprint density at radius 2 is 1.63 bits per heavy atom. The highest BCUT2D eigenvalue weighted by Gasteiger charge is 2.38. The topological polar surface area (TPSA) is 75.6 Å². The van der Waals surface area contributed by atoms with E-state index >= 15 is 0 Å². The summed E-state index contributed by atoms with van der Waals surface area (Å²) in [5, 5.41) is 1.10. The van der Waals surface area contributed by atoms with Crippen molar-refractivity contribution >= 4 is 22.2 Å². The fourth-order valence-corrected chi connectivity index (χ4v) is 6.66. The van der Waals surface area contributed by atoms with Gasteiger partial charge in [-0.05, 0) is 30.4 Å². The second kappa shape index (κ2) is 10.2. The van der Waals surface area contributed by atoms with Crippen molar-refractivity contribution in [3.05, 3.63) is 78.9 Å². The maximum atomic E-state index is 6.48. The van der Waals surface area contributed by atoms with Crippen LogP contribution in [0.5, 0.6) is 0 Å². The molecule has 0 spiro atoms. The van der Waals surface area contributed by atoms with Crippen LogP contribution in [-0.2, 0) is 0 Å². The van der Waals surface area contributed by atoms with Crippen molar-refractivity contribution in [2.24, 2.45) is 5.41 Å². The minimum absolute atomic E-state index is 0.352. The summed E-state index contributed by atoms with van der Waals surface area (Å²) in [7, 11) is 0. The molecular formula is C34H39N7. The van der Waals surface area contributed by atoms with Crippen LogP contribution >= 0.6 is 0 Å². The first-order chi connectivity index (χ1) is 19.8. The van der Waals surface area contributed by atoms with Crippen LogP contribution in [0, 0.1) is 5.41 Å². The Morgan fingerprint density at radius 3 is 2.39 bits per heavy atom. The van der Waals surface area contributed by atoms with Gasteiger partial charge in [-0.2, -0.15) is 0 Å². The zero-order valence-electron chi connectivity index (χ0n) is 24.3. The fourth-order valence-electron chi connectivity index (χ4n) is 6.66. The third kappa shape index (κ3) is 5.09. The van der Waals surface area contributed by atoms with E-state index in [4.69, 9.17) is 15.7 Å². The van der Waals surface area contributed by atoms with Crippen molar-refractivity contribution in [1.29, 1.82) is 0 Å². The van der Waals surface area contributed by atoms with Gasteiger partial charge in [-0.3, -0.25) is 9.30 Å². The number of nitrogens with two attached hydrogens (primary N) is 1. The average molecular weight is 546 g/mol. The number of nitrogens with zero attached hydrogens (tertiary/aromatic N) is 6. The molecule has 210 valence electrons. The average Bonchev–Trinajstić information content (AvgIpc) is 3.33. The number of rotatable bonds is 5. The van der Waals surface area contributed by atoms with Crippen LogP contribution < -0.4 is 5.73 Å². The molecule has 7 heteroatoms. The number of aromatic nitrogens is 4. The van der Waals surface area contributed by atoms with Gasteiger partial charge in [0.2, 0.25) is 0 Å². The predicted molar refractivity (Wildman–Crippen MR) is 167 cm³/mol. The van der Waals surface area contributed by atoms with E-state index in [0.717, 1.165) is 70.7 Å². The third-order valence-electron chi connectivity index (χ3n) is 8.75. The maximum Gasteiger partial charge on any atom is 0.150 e. The lowest BCUT2D eigenvalue weighted by molar-refractivity contribution is 0.0386. The summed E-state index contributed by atoms with van der Waals surface area (Å²) in [4.78, 5) is 20.0. The van der Waals surface area contributed by atoms with Gasteiger partial charge in [-0.1, -0.05) is 69.3 Å². The number of fused-ring (bicyclic) bond motifs is 2. The zero-order chi connectivity index (χ0) is 28.1. The van der Waals surface area contributed by atoms with Crippen LogP contribution in [-0.4, -0.2) is 67.9 Å². The number of benzene rings is 2.